The lowest BCUT2D eigenvalue weighted by molar-refractivity contribution is -0.121. The normalized spacial score (nSPS) is 12.1. The number of carbonyl (C=O) groups is 1. The topological polar surface area (TPSA) is 62.5 Å². The van der Waals surface area contributed by atoms with Gasteiger partial charge in [-0.1, -0.05) is 37.3 Å². The van der Waals surface area contributed by atoms with Crippen LogP contribution in [-0.2, 0) is 11.2 Å². The number of benzene rings is 1. The van der Waals surface area contributed by atoms with E-state index in [1.54, 1.807) is 0 Å². The smallest absolute Gasteiger partial charge is 0.220 e. The third-order valence-electron chi connectivity index (χ3n) is 3.59. The first-order valence-corrected chi connectivity index (χ1v) is 7.70. The second-order valence-electron chi connectivity index (χ2n) is 5.55. The third kappa shape index (κ3) is 5.04. The predicted molar refractivity (Wildman–Crippen MR) is 86.3 cm³/mol. The van der Waals surface area contributed by atoms with Gasteiger partial charge in [0, 0.05) is 31.6 Å². The lowest BCUT2D eigenvalue weighted by Crippen LogP contribution is -2.28. The number of aliphatic hydroxyl groups excluding tert-OH is 1. The number of aliphatic hydroxyl groups is 1. The van der Waals surface area contributed by atoms with Crippen LogP contribution in [-0.4, -0.2) is 24.2 Å². The van der Waals surface area contributed by atoms with Gasteiger partial charge in [0.05, 0.1) is 0 Å². The fraction of sp³-hybridized carbons (Fsp3) is 0.389. The average Bonchev–Trinajstić information content (AvgIpc) is 3.01. The fourth-order valence-electron chi connectivity index (χ4n) is 2.21. The summed E-state index contributed by atoms with van der Waals surface area (Å²) in [7, 11) is 0. The second-order valence-corrected chi connectivity index (χ2v) is 5.55. The highest BCUT2D eigenvalue weighted by Gasteiger charge is 2.08. The number of hydrogen-bond donors (Lipinski definition) is 2. The van der Waals surface area contributed by atoms with Gasteiger partial charge in [-0.3, -0.25) is 4.79 Å². The van der Waals surface area contributed by atoms with Crippen molar-refractivity contribution in [2.45, 2.75) is 26.2 Å². The molecule has 2 aromatic rings. The van der Waals surface area contributed by atoms with Crippen molar-refractivity contribution in [2.75, 3.05) is 13.2 Å². The number of aryl methyl sites for hydroxylation is 1. The minimum Gasteiger partial charge on any atom is -0.461 e. The largest absolute Gasteiger partial charge is 0.461 e. The van der Waals surface area contributed by atoms with Gasteiger partial charge < -0.3 is 14.8 Å². The molecule has 4 nitrogen and oxygen atoms in total. The summed E-state index contributed by atoms with van der Waals surface area (Å²) >= 11 is 0. The van der Waals surface area contributed by atoms with Gasteiger partial charge in [0.25, 0.3) is 0 Å². The van der Waals surface area contributed by atoms with E-state index in [-0.39, 0.29) is 12.5 Å². The molecule has 1 unspecified atom stereocenters. The van der Waals surface area contributed by atoms with Crippen molar-refractivity contribution < 1.29 is 14.3 Å². The van der Waals surface area contributed by atoms with Gasteiger partial charge in [0.2, 0.25) is 5.91 Å². The maximum absolute atomic E-state index is 11.8. The van der Waals surface area contributed by atoms with E-state index < -0.39 is 0 Å². The zero-order valence-electron chi connectivity index (χ0n) is 12.9. The van der Waals surface area contributed by atoms with Crippen LogP contribution in [0.2, 0.25) is 0 Å². The molecular weight excluding hydrogens is 278 g/mol. The highest BCUT2D eigenvalue weighted by Crippen LogP contribution is 2.22. The predicted octanol–water partition coefficient (Wildman–Crippen LogP) is 3.01. The SMILES string of the molecule is CC(CCO)CNC(=O)CCc1ccc(-c2ccccc2)o1. The molecule has 1 aromatic heterocycles. The molecule has 0 aliphatic carbocycles. The van der Waals surface area contributed by atoms with E-state index in [0.717, 1.165) is 17.1 Å². The molecule has 2 rings (SSSR count). The van der Waals surface area contributed by atoms with Crippen LogP contribution in [0.1, 0.15) is 25.5 Å². The van der Waals surface area contributed by atoms with E-state index >= 15 is 0 Å². The lowest BCUT2D eigenvalue weighted by Gasteiger charge is -2.10. The Morgan fingerprint density at radius 1 is 1.23 bits per heavy atom. The van der Waals surface area contributed by atoms with Gasteiger partial charge in [0.1, 0.15) is 11.5 Å². The molecule has 22 heavy (non-hydrogen) atoms. The monoisotopic (exact) mass is 301 g/mol. The summed E-state index contributed by atoms with van der Waals surface area (Å²) in [6, 6.07) is 13.8. The Morgan fingerprint density at radius 3 is 2.73 bits per heavy atom. The highest BCUT2D eigenvalue weighted by molar-refractivity contribution is 5.76. The van der Waals surface area contributed by atoms with Crippen LogP contribution in [0.3, 0.4) is 0 Å². The summed E-state index contributed by atoms with van der Waals surface area (Å²) in [6.45, 7) is 2.77. The van der Waals surface area contributed by atoms with Crippen molar-refractivity contribution in [3.63, 3.8) is 0 Å². The fourth-order valence-corrected chi connectivity index (χ4v) is 2.21. The maximum atomic E-state index is 11.8. The molecule has 1 aromatic carbocycles. The Morgan fingerprint density at radius 2 is 2.00 bits per heavy atom. The summed E-state index contributed by atoms with van der Waals surface area (Å²) in [5, 5.41) is 11.7. The Bertz CT molecular complexity index is 577. The van der Waals surface area contributed by atoms with Crippen LogP contribution in [0.15, 0.2) is 46.9 Å². The number of rotatable bonds is 8. The van der Waals surface area contributed by atoms with Gasteiger partial charge in [-0.2, -0.15) is 0 Å². The molecule has 0 radical (unpaired) electrons. The molecule has 4 heteroatoms. The van der Waals surface area contributed by atoms with Crippen molar-refractivity contribution in [3.8, 4) is 11.3 Å². The van der Waals surface area contributed by atoms with E-state index in [9.17, 15) is 4.79 Å². The molecular formula is C18H23NO3. The van der Waals surface area contributed by atoms with Crippen molar-refractivity contribution in [1.82, 2.24) is 5.32 Å². The molecule has 0 aliphatic heterocycles. The molecule has 0 saturated carbocycles. The summed E-state index contributed by atoms with van der Waals surface area (Å²) in [5.74, 6) is 1.95. The van der Waals surface area contributed by atoms with Gasteiger partial charge in [-0.25, -0.2) is 0 Å². The third-order valence-corrected chi connectivity index (χ3v) is 3.59. The van der Waals surface area contributed by atoms with Crippen LogP contribution in [0.25, 0.3) is 11.3 Å². The van der Waals surface area contributed by atoms with Crippen LogP contribution in [0.5, 0.6) is 0 Å². The molecule has 118 valence electrons. The van der Waals surface area contributed by atoms with Crippen molar-refractivity contribution >= 4 is 5.91 Å². The molecule has 1 atom stereocenters. The van der Waals surface area contributed by atoms with Gasteiger partial charge in [0.15, 0.2) is 0 Å². The Balaban J connectivity index is 1.78. The summed E-state index contributed by atoms with van der Waals surface area (Å²) in [6.07, 6.45) is 1.71. The van der Waals surface area contributed by atoms with Crippen LogP contribution in [0.4, 0.5) is 0 Å². The molecule has 2 N–H and O–H groups in total. The van der Waals surface area contributed by atoms with Crippen molar-refractivity contribution in [2.24, 2.45) is 5.92 Å². The second kappa shape index (κ2) is 8.39. The van der Waals surface area contributed by atoms with E-state index in [1.807, 2.05) is 49.4 Å². The zero-order chi connectivity index (χ0) is 15.8. The Kier molecular flexibility index (Phi) is 6.22. The van der Waals surface area contributed by atoms with Crippen LogP contribution in [0, 0.1) is 5.92 Å². The van der Waals surface area contributed by atoms with E-state index in [4.69, 9.17) is 9.52 Å². The highest BCUT2D eigenvalue weighted by atomic mass is 16.3. The van der Waals surface area contributed by atoms with E-state index in [0.29, 0.717) is 31.7 Å². The quantitative estimate of drug-likeness (QED) is 0.788. The molecule has 0 spiro atoms. The van der Waals surface area contributed by atoms with E-state index in [1.165, 1.54) is 0 Å². The first kappa shape index (κ1) is 16.3. The Hall–Kier alpha value is -2.07. The van der Waals surface area contributed by atoms with Gasteiger partial charge >= 0.3 is 0 Å². The van der Waals surface area contributed by atoms with Crippen LogP contribution >= 0.6 is 0 Å². The lowest BCUT2D eigenvalue weighted by atomic mass is 10.1. The molecule has 0 fully saturated rings. The standard InChI is InChI=1S/C18H23NO3/c1-14(11-12-20)13-19-18(21)10-8-16-7-9-17(22-16)15-5-3-2-4-6-15/h2-7,9,14,20H,8,10-13H2,1H3,(H,19,21). The number of furan rings is 1. The van der Waals surface area contributed by atoms with Gasteiger partial charge in [-0.05, 0) is 24.5 Å². The molecule has 1 amide bonds. The number of amides is 1. The van der Waals surface area contributed by atoms with Crippen LogP contribution < -0.4 is 5.32 Å². The minimum absolute atomic E-state index is 0.0162. The van der Waals surface area contributed by atoms with Crippen molar-refractivity contribution in [3.05, 3.63) is 48.2 Å². The molecule has 0 bridgehead atoms. The maximum Gasteiger partial charge on any atom is 0.220 e. The average molecular weight is 301 g/mol. The summed E-state index contributed by atoms with van der Waals surface area (Å²) in [4.78, 5) is 11.8. The molecule has 1 heterocycles. The number of carbonyl (C=O) groups excluding carboxylic acids is 1. The minimum atomic E-state index is 0.0162. The number of hydrogen-bond acceptors (Lipinski definition) is 3. The van der Waals surface area contributed by atoms with Crippen molar-refractivity contribution in [1.29, 1.82) is 0 Å². The summed E-state index contributed by atoms with van der Waals surface area (Å²) in [5.41, 5.74) is 1.04. The van der Waals surface area contributed by atoms with E-state index in [2.05, 4.69) is 5.32 Å². The molecule has 0 aliphatic rings. The Labute approximate surface area is 131 Å². The number of nitrogens with one attached hydrogen (secondary N) is 1. The zero-order valence-corrected chi connectivity index (χ0v) is 12.9. The van der Waals surface area contributed by atoms with Gasteiger partial charge in [-0.15, -0.1) is 0 Å². The molecule has 0 saturated heterocycles. The first-order valence-electron chi connectivity index (χ1n) is 7.70. The first-order chi connectivity index (χ1) is 10.7. The summed E-state index contributed by atoms with van der Waals surface area (Å²) < 4.78 is 5.77.